The molecule has 0 saturated carbocycles. The third-order valence-corrected chi connectivity index (χ3v) is 5.58. The molecule has 1 unspecified atom stereocenters. The summed E-state index contributed by atoms with van der Waals surface area (Å²) in [7, 11) is 0. The number of carboxylic acids is 1. The third-order valence-electron chi connectivity index (χ3n) is 5.58. The number of hydrogen-bond acceptors (Lipinski definition) is 8. The second-order valence-electron chi connectivity index (χ2n) is 7.74. The second kappa shape index (κ2) is 8.31. The Kier molecular flexibility index (Phi) is 5.52. The molecule has 1 fully saturated rings. The van der Waals surface area contributed by atoms with Crippen molar-refractivity contribution in [3.8, 4) is 5.69 Å². The molecule has 3 aromatic rings. The van der Waals surface area contributed by atoms with Gasteiger partial charge in [-0.1, -0.05) is 0 Å². The van der Waals surface area contributed by atoms with Crippen molar-refractivity contribution in [2.24, 2.45) is 0 Å². The minimum absolute atomic E-state index is 0.0836. The molecule has 0 aliphatic carbocycles. The van der Waals surface area contributed by atoms with Crippen LogP contribution in [0, 0.1) is 20.2 Å². The van der Waals surface area contributed by atoms with Gasteiger partial charge in [-0.25, -0.2) is 4.79 Å². The number of aromatic carboxylic acids is 1. The van der Waals surface area contributed by atoms with Crippen LogP contribution in [-0.2, 0) is 0 Å². The lowest BCUT2D eigenvalue weighted by atomic mass is 10.1. The maximum absolute atomic E-state index is 12.9. The van der Waals surface area contributed by atoms with Crippen molar-refractivity contribution in [3.63, 3.8) is 0 Å². The number of hydrogen-bond donors (Lipinski definition) is 2. The number of nitro benzene ring substituents is 2. The van der Waals surface area contributed by atoms with Gasteiger partial charge in [-0.15, -0.1) is 0 Å². The van der Waals surface area contributed by atoms with Gasteiger partial charge in [0.25, 0.3) is 11.4 Å². The van der Waals surface area contributed by atoms with E-state index in [1.165, 1.54) is 34.9 Å². The number of nitrogens with zero attached hydrogens (tertiary/aromatic N) is 4. The number of nitro groups is 2. The van der Waals surface area contributed by atoms with E-state index in [0.717, 1.165) is 12.3 Å². The number of carboxylic acid groups (broad SMARTS) is 1. The third kappa shape index (κ3) is 3.99. The zero-order chi connectivity index (χ0) is 23.9. The highest BCUT2D eigenvalue weighted by Gasteiger charge is 2.27. The SMILES string of the molecule is CC1CN(c2cc3c(cc2[N+](=O)[O-])c(=O)c(C(=O)O)cn3-c2ccc([N+](=O)[O-])cc2)CCN1. The highest BCUT2D eigenvalue weighted by molar-refractivity contribution is 5.96. The van der Waals surface area contributed by atoms with Gasteiger partial charge in [0.1, 0.15) is 11.3 Å². The molecular weight excluding hydrogens is 434 g/mol. The Hall–Kier alpha value is -4.32. The van der Waals surface area contributed by atoms with Crippen LogP contribution >= 0.6 is 0 Å². The van der Waals surface area contributed by atoms with E-state index in [9.17, 15) is 34.9 Å². The minimum Gasteiger partial charge on any atom is -0.477 e. The lowest BCUT2D eigenvalue weighted by Crippen LogP contribution is -2.49. The van der Waals surface area contributed by atoms with Crippen LogP contribution in [0.15, 0.2) is 47.4 Å². The van der Waals surface area contributed by atoms with Crippen LogP contribution in [0.5, 0.6) is 0 Å². The fourth-order valence-corrected chi connectivity index (χ4v) is 4.00. The molecule has 1 atom stereocenters. The zero-order valence-electron chi connectivity index (χ0n) is 17.4. The molecule has 12 heteroatoms. The number of anilines is 1. The van der Waals surface area contributed by atoms with Crippen LogP contribution in [0.25, 0.3) is 16.6 Å². The van der Waals surface area contributed by atoms with Gasteiger partial charge in [0.05, 0.1) is 20.7 Å². The first kappa shape index (κ1) is 21.9. The summed E-state index contributed by atoms with van der Waals surface area (Å²) in [6.07, 6.45) is 1.13. The second-order valence-corrected chi connectivity index (χ2v) is 7.74. The van der Waals surface area contributed by atoms with Crippen LogP contribution in [0.2, 0.25) is 0 Å². The first-order chi connectivity index (χ1) is 15.7. The number of piperazine rings is 1. The molecule has 12 nitrogen and oxygen atoms in total. The average molecular weight is 453 g/mol. The average Bonchev–Trinajstić information content (AvgIpc) is 2.78. The number of benzene rings is 2. The van der Waals surface area contributed by atoms with E-state index in [2.05, 4.69) is 5.32 Å². The Labute approximate surface area is 186 Å². The highest BCUT2D eigenvalue weighted by atomic mass is 16.6. The van der Waals surface area contributed by atoms with E-state index < -0.39 is 26.8 Å². The molecule has 2 N–H and O–H groups in total. The van der Waals surface area contributed by atoms with E-state index in [0.29, 0.717) is 31.0 Å². The predicted molar refractivity (Wildman–Crippen MR) is 119 cm³/mol. The van der Waals surface area contributed by atoms with Crippen LogP contribution in [0.1, 0.15) is 17.3 Å². The van der Waals surface area contributed by atoms with E-state index in [-0.39, 0.29) is 28.3 Å². The highest BCUT2D eigenvalue weighted by Crippen LogP contribution is 2.34. The van der Waals surface area contributed by atoms with Gasteiger partial charge in [0, 0.05) is 55.8 Å². The monoisotopic (exact) mass is 453 g/mol. The summed E-state index contributed by atoms with van der Waals surface area (Å²) in [6.45, 7) is 3.57. The number of fused-ring (bicyclic) bond motifs is 1. The first-order valence-corrected chi connectivity index (χ1v) is 10.0. The molecule has 2 heterocycles. The van der Waals surface area contributed by atoms with E-state index in [1.54, 1.807) is 0 Å². The number of aromatic nitrogens is 1. The predicted octanol–water partition coefficient (Wildman–Crippen LogP) is 2.30. The Bertz CT molecular complexity index is 1350. The van der Waals surface area contributed by atoms with Gasteiger partial charge in [-0.3, -0.25) is 25.0 Å². The van der Waals surface area contributed by atoms with Gasteiger partial charge < -0.3 is 19.9 Å². The maximum atomic E-state index is 12.9. The Morgan fingerprint density at radius 3 is 2.42 bits per heavy atom. The van der Waals surface area contributed by atoms with Crippen LogP contribution in [0.3, 0.4) is 0 Å². The number of pyridine rings is 1. The van der Waals surface area contributed by atoms with Gasteiger partial charge in [-0.2, -0.15) is 0 Å². The summed E-state index contributed by atoms with van der Waals surface area (Å²) in [6, 6.07) is 8.03. The number of carbonyl (C=O) groups is 1. The summed E-state index contributed by atoms with van der Waals surface area (Å²) in [4.78, 5) is 48.1. The Morgan fingerprint density at radius 1 is 1.15 bits per heavy atom. The van der Waals surface area contributed by atoms with Crippen molar-refractivity contribution < 1.29 is 19.7 Å². The summed E-state index contributed by atoms with van der Waals surface area (Å²) in [5.74, 6) is -1.49. The normalized spacial score (nSPS) is 16.0. The molecule has 1 aromatic heterocycles. The standard InChI is InChI=1S/C21H19N5O7/c1-12-10-23(7-6-22-12)18-9-17-15(8-19(18)26(32)33)20(27)16(21(28)29)11-24(17)13-2-4-14(5-3-13)25(30)31/h2-5,8-9,11-12,22H,6-7,10H2,1H3,(H,28,29). The van der Waals surface area contributed by atoms with Crippen molar-refractivity contribution in [1.29, 1.82) is 0 Å². The van der Waals surface area contributed by atoms with Crippen LogP contribution in [0.4, 0.5) is 17.1 Å². The van der Waals surface area contributed by atoms with Gasteiger partial charge >= 0.3 is 5.97 Å². The van der Waals surface area contributed by atoms with Crippen molar-refractivity contribution in [2.75, 3.05) is 24.5 Å². The van der Waals surface area contributed by atoms with Crippen molar-refractivity contribution in [3.05, 3.63) is 78.6 Å². The summed E-state index contributed by atoms with van der Waals surface area (Å²) in [5, 5.41) is 35.5. The molecule has 33 heavy (non-hydrogen) atoms. The molecule has 1 aliphatic heterocycles. The summed E-state index contributed by atoms with van der Waals surface area (Å²) >= 11 is 0. The van der Waals surface area contributed by atoms with E-state index >= 15 is 0 Å². The van der Waals surface area contributed by atoms with Gasteiger partial charge in [-0.05, 0) is 25.1 Å². The summed E-state index contributed by atoms with van der Waals surface area (Å²) < 4.78 is 1.41. The smallest absolute Gasteiger partial charge is 0.341 e. The van der Waals surface area contributed by atoms with E-state index in [4.69, 9.17) is 0 Å². The molecule has 1 aliphatic rings. The van der Waals surface area contributed by atoms with Crippen LogP contribution < -0.4 is 15.6 Å². The van der Waals surface area contributed by atoms with Gasteiger partial charge in [0.2, 0.25) is 5.43 Å². The fourth-order valence-electron chi connectivity index (χ4n) is 4.00. The topological polar surface area (TPSA) is 161 Å². The first-order valence-electron chi connectivity index (χ1n) is 10.0. The fraction of sp³-hybridized carbons (Fsp3) is 0.238. The quantitative estimate of drug-likeness (QED) is 0.436. The zero-order valence-corrected chi connectivity index (χ0v) is 17.4. The van der Waals surface area contributed by atoms with Crippen molar-refractivity contribution >= 4 is 33.9 Å². The largest absolute Gasteiger partial charge is 0.477 e. The number of nitrogens with one attached hydrogen (secondary N) is 1. The molecule has 4 rings (SSSR count). The lowest BCUT2D eigenvalue weighted by Gasteiger charge is -2.33. The van der Waals surface area contributed by atoms with Gasteiger partial charge in [0.15, 0.2) is 0 Å². The summed E-state index contributed by atoms with van der Waals surface area (Å²) in [5.41, 5.74) is -0.955. The molecule has 1 saturated heterocycles. The maximum Gasteiger partial charge on any atom is 0.341 e. The minimum atomic E-state index is -1.49. The van der Waals surface area contributed by atoms with Crippen LogP contribution in [-0.4, -0.2) is 51.2 Å². The molecule has 0 amide bonds. The van der Waals surface area contributed by atoms with E-state index in [1.807, 2.05) is 11.8 Å². The number of non-ortho nitro benzene ring substituents is 1. The Balaban J connectivity index is 2.03. The number of rotatable bonds is 5. The molecule has 0 spiro atoms. The van der Waals surface area contributed by atoms with Crippen molar-refractivity contribution in [1.82, 2.24) is 9.88 Å². The molecule has 170 valence electrons. The molecule has 0 bridgehead atoms. The van der Waals surface area contributed by atoms with Crippen molar-refractivity contribution in [2.45, 2.75) is 13.0 Å². The lowest BCUT2D eigenvalue weighted by molar-refractivity contribution is -0.384. The molecule has 2 aromatic carbocycles. The molecule has 0 radical (unpaired) electrons. The molecular formula is C21H19N5O7. The Morgan fingerprint density at radius 2 is 1.85 bits per heavy atom.